The van der Waals surface area contributed by atoms with E-state index in [1.807, 2.05) is 36.7 Å². The molecule has 0 aliphatic carbocycles. The second-order valence-electron chi connectivity index (χ2n) is 7.60. The molecule has 1 unspecified atom stereocenters. The number of amides is 1. The number of carbonyl (C=O) groups is 1. The van der Waals surface area contributed by atoms with Gasteiger partial charge in [-0.1, -0.05) is 6.07 Å². The maximum absolute atomic E-state index is 12.4. The largest absolute Gasteiger partial charge is 0.497 e. The van der Waals surface area contributed by atoms with Crippen molar-refractivity contribution in [3.8, 4) is 11.5 Å². The minimum Gasteiger partial charge on any atom is -0.497 e. The van der Waals surface area contributed by atoms with Crippen molar-refractivity contribution in [3.05, 3.63) is 53.9 Å². The minimum absolute atomic E-state index is 0.0900. The first kappa shape index (κ1) is 21.1. The monoisotopic (exact) mass is 397 g/mol. The summed E-state index contributed by atoms with van der Waals surface area (Å²) in [5.74, 6) is 2.13. The summed E-state index contributed by atoms with van der Waals surface area (Å²) in [6.45, 7) is 3.57. The van der Waals surface area contributed by atoms with Crippen molar-refractivity contribution in [3.63, 3.8) is 0 Å². The molecular weight excluding hydrogens is 366 g/mol. The molecule has 1 aliphatic heterocycles. The van der Waals surface area contributed by atoms with Crippen LogP contribution in [0.15, 0.2) is 42.7 Å². The number of hydrogen-bond acceptors (Lipinski definition) is 5. The van der Waals surface area contributed by atoms with Crippen LogP contribution < -0.4 is 14.8 Å². The molecule has 0 spiro atoms. The van der Waals surface area contributed by atoms with Crippen LogP contribution in [0, 0.1) is 5.92 Å². The highest BCUT2D eigenvalue weighted by Gasteiger charge is 2.20. The number of carbonyl (C=O) groups excluding carboxylic acids is 1. The summed E-state index contributed by atoms with van der Waals surface area (Å²) >= 11 is 0. The second-order valence-corrected chi connectivity index (χ2v) is 7.60. The summed E-state index contributed by atoms with van der Waals surface area (Å²) in [6.07, 6.45) is 7.62. The third-order valence-corrected chi connectivity index (χ3v) is 5.48. The molecular formula is C23H31N3O3. The summed E-state index contributed by atoms with van der Waals surface area (Å²) in [5, 5.41) is 3.02. The van der Waals surface area contributed by atoms with E-state index in [0.717, 1.165) is 43.1 Å². The van der Waals surface area contributed by atoms with Crippen LogP contribution in [0.5, 0.6) is 11.5 Å². The Labute approximate surface area is 173 Å². The van der Waals surface area contributed by atoms with Crippen molar-refractivity contribution in [2.24, 2.45) is 5.92 Å². The first-order chi connectivity index (χ1) is 14.2. The number of pyridine rings is 1. The second kappa shape index (κ2) is 10.8. The summed E-state index contributed by atoms with van der Waals surface area (Å²) < 4.78 is 10.6. The molecule has 6 nitrogen and oxygen atoms in total. The van der Waals surface area contributed by atoms with E-state index in [0.29, 0.717) is 18.9 Å². The Morgan fingerprint density at radius 1 is 1.28 bits per heavy atom. The van der Waals surface area contributed by atoms with Gasteiger partial charge < -0.3 is 14.8 Å². The van der Waals surface area contributed by atoms with Crippen LogP contribution >= 0.6 is 0 Å². The number of nitrogens with zero attached hydrogens (tertiary/aromatic N) is 2. The van der Waals surface area contributed by atoms with Gasteiger partial charge in [0.05, 0.1) is 14.2 Å². The zero-order valence-electron chi connectivity index (χ0n) is 17.4. The lowest BCUT2D eigenvalue weighted by Gasteiger charge is -2.32. The van der Waals surface area contributed by atoms with Crippen LogP contribution in [0.2, 0.25) is 0 Å². The van der Waals surface area contributed by atoms with E-state index in [-0.39, 0.29) is 5.91 Å². The third-order valence-electron chi connectivity index (χ3n) is 5.48. The first-order valence-corrected chi connectivity index (χ1v) is 10.3. The Kier molecular flexibility index (Phi) is 7.87. The number of rotatable bonds is 9. The zero-order valence-corrected chi connectivity index (χ0v) is 17.4. The standard InChI is InChI=1S/C23H31N3O3/c1-28-21-9-8-20(22(13-21)29-2)15-25-23(27)10-7-18-6-4-12-26(16-18)17-19-5-3-11-24-14-19/h3,5,8-9,11,13-14,18H,4,6-7,10,12,15-17H2,1-2H3,(H,25,27). The van der Waals surface area contributed by atoms with Gasteiger partial charge >= 0.3 is 0 Å². The molecule has 1 aliphatic rings. The molecule has 0 saturated carbocycles. The van der Waals surface area contributed by atoms with Crippen molar-refractivity contribution >= 4 is 5.91 Å². The van der Waals surface area contributed by atoms with Crippen LogP contribution in [0.4, 0.5) is 0 Å². The Balaban J connectivity index is 1.42. The predicted octanol–water partition coefficient (Wildman–Crippen LogP) is 3.41. The molecule has 2 aromatic rings. The molecule has 1 saturated heterocycles. The minimum atomic E-state index is 0.0900. The van der Waals surface area contributed by atoms with Crippen molar-refractivity contribution < 1.29 is 14.3 Å². The topological polar surface area (TPSA) is 63.7 Å². The van der Waals surface area contributed by atoms with E-state index in [2.05, 4.69) is 21.3 Å². The highest BCUT2D eigenvalue weighted by atomic mass is 16.5. The molecule has 2 heterocycles. The number of hydrogen-bond donors (Lipinski definition) is 1. The number of nitrogens with one attached hydrogen (secondary N) is 1. The molecule has 3 rings (SSSR count). The molecule has 1 aromatic carbocycles. The van der Waals surface area contributed by atoms with E-state index in [4.69, 9.17) is 9.47 Å². The van der Waals surface area contributed by atoms with Crippen molar-refractivity contribution in [2.75, 3.05) is 27.3 Å². The average molecular weight is 398 g/mol. The van der Waals surface area contributed by atoms with Gasteiger partial charge in [0, 0.05) is 50.1 Å². The van der Waals surface area contributed by atoms with Crippen LogP contribution in [0.1, 0.15) is 36.8 Å². The Hall–Kier alpha value is -2.60. The highest BCUT2D eigenvalue weighted by molar-refractivity contribution is 5.75. The van der Waals surface area contributed by atoms with Gasteiger partial charge in [0.2, 0.25) is 5.91 Å². The van der Waals surface area contributed by atoms with Crippen molar-refractivity contribution in [1.82, 2.24) is 15.2 Å². The van der Waals surface area contributed by atoms with Gasteiger partial charge in [0.15, 0.2) is 0 Å². The first-order valence-electron chi connectivity index (χ1n) is 10.3. The van der Waals surface area contributed by atoms with Gasteiger partial charge in [-0.05, 0) is 55.5 Å². The number of aromatic nitrogens is 1. The van der Waals surface area contributed by atoms with E-state index in [1.54, 1.807) is 14.2 Å². The fourth-order valence-corrected chi connectivity index (χ4v) is 3.90. The number of ether oxygens (including phenoxy) is 2. The maximum Gasteiger partial charge on any atom is 0.220 e. The normalized spacial score (nSPS) is 17.0. The number of likely N-dealkylation sites (tertiary alicyclic amines) is 1. The van der Waals surface area contributed by atoms with Crippen LogP contribution in [0.25, 0.3) is 0 Å². The van der Waals surface area contributed by atoms with Gasteiger partial charge in [0.25, 0.3) is 0 Å². The molecule has 1 atom stereocenters. The SMILES string of the molecule is COc1ccc(CNC(=O)CCC2CCCN(Cc3cccnc3)C2)c(OC)c1. The number of benzene rings is 1. The van der Waals surface area contributed by atoms with Crippen LogP contribution in [0.3, 0.4) is 0 Å². The van der Waals surface area contributed by atoms with Gasteiger partial charge in [-0.25, -0.2) is 0 Å². The van der Waals surface area contributed by atoms with Crippen LogP contribution in [-0.4, -0.2) is 43.1 Å². The highest BCUT2D eigenvalue weighted by Crippen LogP contribution is 2.25. The molecule has 1 aromatic heterocycles. The quantitative estimate of drug-likeness (QED) is 0.703. The zero-order chi connectivity index (χ0) is 20.5. The molecule has 1 amide bonds. The Morgan fingerprint density at radius 3 is 2.93 bits per heavy atom. The van der Waals surface area contributed by atoms with Gasteiger partial charge in [-0.3, -0.25) is 14.7 Å². The van der Waals surface area contributed by atoms with E-state index >= 15 is 0 Å². The van der Waals surface area contributed by atoms with E-state index < -0.39 is 0 Å². The predicted molar refractivity (Wildman–Crippen MR) is 113 cm³/mol. The Bertz CT molecular complexity index is 782. The summed E-state index contributed by atoms with van der Waals surface area (Å²) in [5.41, 5.74) is 2.20. The molecule has 29 heavy (non-hydrogen) atoms. The van der Waals surface area contributed by atoms with Gasteiger partial charge in [0.1, 0.15) is 11.5 Å². The maximum atomic E-state index is 12.4. The number of piperidine rings is 1. The molecule has 6 heteroatoms. The summed E-state index contributed by atoms with van der Waals surface area (Å²) in [7, 11) is 3.25. The summed E-state index contributed by atoms with van der Waals surface area (Å²) in [4.78, 5) is 19.0. The average Bonchev–Trinajstić information content (AvgIpc) is 2.77. The smallest absolute Gasteiger partial charge is 0.220 e. The van der Waals surface area contributed by atoms with Gasteiger partial charge in [-0.2, -0.15) is 0 Å². The molecule has 156 valence electrons. The molecule has 0 radical (unpaired) electrons. The lowest BCUT2D eigenvalue weighted by Crippen LogP contribution is -2.35. The molecule has 1 N–H and O–H groups in total. The van der Waals surface area contributed by atoms with Crippen LogP contribution in [-0.2, 0) is 17.9 Å². The van der Waals surface area contributed by atoms with Crippen molar-refractivity contribution in [2.45, 2.75) is 38.8 Å². The summed E-state index contributed by atoms with van der Waals surface area (Å²) in [6, 6.07) is 9.75. The van der Waals surface area contributed by atoms with Crippen molar-refractivity contribution in [1.29, 1.82) is 0 Å². The molecule has 0 bridgehead atoms. The van der Waals surface area contributed by atoms with E-state index in [1.165, 1.54) is 18.4 Å². The lowest BCUT2D eigenvalue weighted by molar-refractivity contribution is -0.121. The fourth-order valence-electron chi connectivity index (χ4n) is 3.90. The fraction of sp³-hybridized carbons (Fsp3) is 0.478. The lowest BCUT2D eigenvalue weighted by atomic mass is 9.93. The molecule has 1 fully saturated rings. The van der Waals surface area contributed by atoms with E-state index in [9.17, 15) is 4.79 Å². The van der Waals surface area contributed by atoms with Gasteiger partial charge in [-0.15, -0.1) is 0 Å². The number of methoxy groups -OCH3 is 2. The Morgan fingerprint density at radius 2 is 2.17 bits per heavy atom. The third kappa shape index (κ3) is 6.46.